The molecule has 1 spiro atoms. The first-order chi connectivity index (χ1) is 8.60. The number of halogens is 3. The van der Waals surface area contributed by atoms with Crippen LogP contribution in [0.5, 0.6) is 5.75 Å². The zero-order valence-corrected chi connectivity index (χ0v) is 11.6. The molecule has 0 amide bonds. The van der Waals surface area contributed by atoms with E-state index in [1.54, 1.807) is 0 Å². The molecule has 1 aromatic rings. The van der Waals surface area contributed by atoms with Crippen LogP contribution in [0, 0.1) is 17.0 Å². The quantitative estimate of drug-likeness (QED) is 0.733. The van der Waals surface area contributed by atoms with Crippen LogP contribution in [0.3, 0.4) is 0 Å². The first-order valence-corrected chi connectivity index (χ1v) is 7.28. The minimum absolute atomic E-state index is 0.0885. The van der Waals surface area contributed by atoms with Crippen LogP contribution in [0.4, 0.5) is 8.78 Å². The molecular formula is C14H15BrF2O. The molecule has 2 unspecified atom stereocenters. The highest BCUT2D eigenvalue weighted by Gasteiger charge is 2.56. The summed E-state index contributed by atoms with van der Waals surface area (Å²) < 4.78 is 32.0. The van der Waals surface area contributed by atoms with Crippen molar-refractivity contribution in [3.63, 3.8) is 0 Å². The number of alkyl halides is 1. The Bertz CT molecular complexity index is 437. The summed E-state index contributed by atoms with van der Waals surface area (Å²) in [5, 5.41) is 0. The van der Waals surface area contributed by atoms with Gasteiger partial charge in [0.25, 0.3) is 0 Å². The Morgan fingerprint density at radius 2 is 1.72 bits per heavy atom. The van der Waals surface area contributed by atoms with Crippen LogP contribution >= 0.6 is 15.9 Å². The molecule has 3 rings (SSSR count). The summed E-state index contributed by atoms with van der Waals surface area (Å²) in [6.45, 7) is 0. The summed E-state index contributed by atoms with van der Waals surface area (Å²) in [7, 11) is 0. The number of ether oxygens (including phenoxy) is 1. The molecule has 0 aromatic heterocycles. The van der Waals surface area contributed by atoms with Gasteiger partial charge in [0.2, 0.25) is 0 Å². The lowest BCUT2D eigenvalue weighted by Gasteiger charge is -2.51. The van der Waals surface area contributed by atoms with E-state index < -0.39 is 11.6 Å². The van der Waals surface area contributed by atoms with Gasteiger partial charge in [-0.2, -0.15) is 0 Å². The average Bonchev–Trinajstić information content (AvgIpc) is 2.79. The van der Waals surface area contributed by atoms with E-state index in [1.165, 1.54) is 25.0 Å². The smallest absolute Gasteiger partial charge is 0.129 e. The predicted octanol–water partition coefficient (Wildman–Crippen LogP) is 4.44. The lowest BCUT2D eigenvalue weighted by molar-refractivity contribution is -0.0306. The first kappa shape index (κ1) is 12.4. The molecule has 18 heavy (non-hydrogen) atoms. The molecule has 0 radical (unpaired) electrons. The van der Waals surface area contributed by atoms with E-state index in [0.717, 1.165) is 25.3 Å². The van der Waals surface area contributed by atoms with Crippen molar-refractivity contribution in [2.45, 2.75) is 43.0 Å². The third kappa shape index (κ3) is 1.94. The van der Waals surface area contributed by atoms with Gasteiger partial charge in [-0.05, 0) is 19.3 Å². The van der Waals surface area contributed by atoms with Gasteiger partial charge in [0.1, 0.15) is 23.5 Å². The molecule has 4 heteroatoms. The van der Waals surface area contributed by atoms with Gasteiger partial charge < -0.3 is 4.74 Å². The van der Waals surface area contributed by atoms with E-state index in [1.807, 2.05) is 0 Å². The fourth-order valence-corrected chi connectivity index (χ4v) is 4.39. The molecule has 0 heterocycles. The number of hydrogen-bond donors (Lipinski definition) is 0. The number of hydrogen-bond acceptors (Lipinski definition) is 1. The Kier molecular flexibility index (Phi) is 3.08. The van der Waals surface area contributed by atoms with Gasteiger partial charge in [-0.1, -0.05) is 28.8 Å². The van der Waals surface area contributed by atoms with Gasteiger partial charge in [0, 0.05) is 28.4 Å². The van der Waals surface area contributed by atoms with Crippen LogP contribution in [-0.4, -0.2) is 10.9 Å². The summed E-state index contributed by atoms with van der Waals surface area (Å²) in [4.78, 5) is 0.482. The third-order valence-electron chi connectivity index (χ3n) is 4.33. The minimum Gasteiger partial charge on any atom is -0.490 e. The summed E-state index contributed by atoms with van der Waals surface area (Å²) in [6, 6.07) is 3.38. The molecule has 2 aliphatic rings. The summed E-state index contributed by atoms with van der Waals surface area (Å²) >= 11 is 3.70. The van der Waals surface area contributed by atoms with Crippen molar-refractivity contribution in [1.29, 1.82) is 0 Å². The Hall–Kier alpha value is -0.640. The Labute approximate surface area is 114 Å². The van der Waals surface area contributed by atoms with Gasteiger partial charge in [-0.3, -0.25) is 0 Å². The Morgan fingerprint density at radius 1 is 1.11 bits per heavy atom. The lowest BCUT2D eigenvalue weighted by atomic mass is 9.64. The fourth-order valence-electron chi connectivity index (χ4n) is 3.29. The second kappa shape index (κ2) is 4.48. The van der Waals surface area contributed by atoms with Crippen LogP contribution in [0.2, 0.25) is 0 Å². The molecule has 1 aromatic carbocycles. The Morgan fingerprint density at radius 3 is 2.28 bits per heavy atom. The monoisotopic (exact) mass is 316 g/mol. The van der Waals surface area contributed by atoms with E-state index in [9.17, 15) is 8.78 Å². The summed E-state index contributed by atoms with van der Waals surface area (Å²) in [5.41, 5.74) is 0.183. The van der Waals surface area contributed by atoms with Gasteiger partial charge in [0.15, 0.2) is 0 Å². The maximum Gasteiger partial charge on any atom is 0.129 e. The minimum atomic E-state index is -0.583. The van der Waals surface area contributed by atoms with E-state index in [4.69, 9.17) is 4.74 Å². The third-order valence-corrected chi connectivity index (χ3v) is 5.62. The molecule has 2 fully saturated rings. The maximum absolute atomic E-state index is 13.1. The van der Waals surface area contributed by atoms with Crippen molar-refractivity contribution >= 4 is 15.9 Å². The first-order valence-electron chi connectivity index (χ1n) is 6.37. The number of benzene rings is 1. The largest absolute Gasteiger partial charge is 0.490 e. The molecule has 0 aliphatic heterocycles. The van der Waals surface area contributed by atoms with Gasteiger partial charge in [-0.25, -0.2) is 8.78 Å². The van der Waals surface area contributed by atoms with Crippen molar-refractivity contribution in [3.05, 3.63) is 29.8 Å². The SMILES string of the molecule is Fc1cc(F)cc(OC2CC(Br)C23CCCC3)c1. The lowest BCUT2D eigenvalue weighted by Crippen LogP contribution is -2.55. The molecule has 2 aliphatic carbocycles. The number of rotatable bonds is 2. The zero-order valence-electron chi connectivity index (χ0n) is 9.96. The highest BCUT2D eigenvalue weighted by atomic mass is 79.9. The normalized spacial score (nSPS) is 29.3. The summed E-state index contributed by atoms with van der Waals surface area (Å²) in [5.74, 6) is -0.858. The second-order valence-electron chi connectivity index (χ2n) is 5.36. The average molecular weight is 317 g/mol. The molecule has 0 saturated heterocycles. The molecular weight excluding hydrogens is 302 g/mol. The second-order valence-corrected chi connectivity index (χ2v) is 6.46. The van der Waals surface area contributed by atoms with Crippen molar-refractivity contribution in [3.8, 4) is 5.75 Å². The molecule has 0 bridgehead atoms. The predicted molar refractivity (Wildman–Crippen MR) is 69.0 cm³/mol. The van der Waals surface area contributed by atoms with Gasteiger partial charge in [0.05, 0.1) is 0 Å². The highest BCUT2D eigenvalue weighted by molar-refractivity contribution is 9.09. The molecule has 2 saturated carbocycles. The standard InChI is InChI=1S/C14H15BrF2O/c15-12-8-13(14(12)3-1-2-4-14)18-11-6-9(16)5-10(17)7-11/h5-7,12-13H,1-4,8H2. The topological polar surface area (TPSA) is 9.23 Å². The van der Waals surface area contributed by atoms with Crippen molar-refractivity contribution in [1.82, 2.24) is 0 Å². The van der Waals surface area contributed by atoms with Crippen molar-refractivity contribution in [2.75, 3.05) is 0 Å². The fraction of sp³-hybridized carbons (Fsp3) is 0.571. The van der Waals surface area contributed by atoms with Crippen LogP contribution in [0.25, 0.3) is 0 Å². The van der Waals surface area contributed by atoms with Crippen molar-refractivity contribution in [2.24, 2.45) is 5.41 Å². The highest BCUT2D eigenvalue weighted by Crippen LogP contribution is 2.57. The van der Waals surface area contributed by atoms with Crippen LogP contribution in [0.1, 0.15) is 32.1 Å². The molecule has 0 N–H and O–H groups in total. The summed E-state index contributed by atoms with van der Waals surface area (Å²) in [6.07, 6.45) is 5.74. The Balaban J connectivity index is 1.77. The van der Waals surface area contributed by atoms with E-state index in [-0.39, 0.29) is 11.5 Å². The van der Waals surface area contributed by atoms with Gasteiger partial charge >= 0.3 is 0 Å². The van der Waals surface area contributed by atoms with E-state index in [0.29, 0.717) is 10.6 Å². The maximum atomic E-state index is 13.1. The molecule has 98 valence electrons. The molecule has 2 atom stereocenters. The zero-order chi connectivity index (χ0) is 12.8. The van der Waals surface area contributed by atoms with E-state index >= 15 is 0 Å². The van der Waals surface area contributed by atoms with Gasteiger partial charge in [-0.15, -0.1) is 0 Å². The van der Waals surface area contributed by atoms with Crippen LogP contribution in [0.15, 0.2) is 18.2 Å². The molecule has 1 nitrogen and oxygen atoms in total. The van der Waals surface area contributed by atoms with Crippen LogP contribution in [-0.2, 0) is 0 Å². The van der Waals surface area contributed by atoms with Crippen molar-refractivity contribution < 1.29 is 13.5 Å². The van der Waals surface area contributed by atoms with E-state index in [2.05, 4.69) is 15.9 Å². The van der Waals surface area contributed by atoms with Crippen LogP contribution < -0.4 is 4.74 Å².